The van der Waals surface area contributed by atoms with Crippen molar-refractivity contribution in [1.82, 2.24) is 0 Å². The van der Waals surface area contributed by atoms with E-state index in [0.717, 1.165) is 0 Å². The van der Waals surface area contributed by atoms with Crippen LogP contribution in [0.5, 0.6) is 0 Å². The number of hydrogen-bond donors (Lipinski definition) is 0. The predicted molar refractivity (Wildman–Crippen MR) is 86.4 cm³/mol. The molecule has 2 rings (SSSR count). The van der Waals surface area contributed by atoms with Crippen molar-refractivity contribution in [3.05, 3.63) is 46.5 Å². The summed E-state index contributed by atoms with van der Waals surface area (Å²) in [6.07, 6.45) is -6.32. The van der Waals surface area contributed by atoms with Crippen LogP contribution < -0.4 is 0 Å². The average Bonchev–Trinajstić information content (AvgIpc) is 2.56. The Morgan fingerprint density at radius 3 is 2.00 bits per heavy atom. The van der Waals surface area contributed by atoms with E-state index in [0.29, 0.717) is 12.8 Å². The van der Waals surface area contributed by atoms with Crippen molar-refractivity contribution in [3.63, 3.8) is 0 Å². The minimum atomic E-state index is -5.70. The molecule has 1 atom stereocenters. The summed E-state index contributed by atoms with van der Waals surface area (Å²) in [5.41, 5.74) is -0.0654. The topological polar surface area (TPSA) is 34.1 Å². The van der Waals surface area contributed by atoms with E-state index in [4.69, 9.17) is 0 Å². The number of hydrogen-bond acceptors (Lipinski definition) is 2. The first-order valence-corrected chi connectivity index (χ1v) is 8.35. The monoisotopic (exact) mass is 374 g/mol. The molecule has 7 heteroatoms. The second-order valence-electron chi connectivity index (χ2n) is 6.49. The zero-order chi connectivity index (χ0) is 19.7. The Hall–Kier alpha value is -2.05. The summed E-state index contributed by atoms with van der Waals surface area (Å²) in [5, 5.41) is 0. The SMILES string of the molecule is CCCCC(CC(F)(F)C(F)(F)F)C1=C(C)C(=O)c2ccccc2C1=O. The molecule has 1 aliphatic rings. The number of allylic oxidation sites excluding steroid dienone is 2. The van der Waals surface area contributed by atoms with Crippen LogP contribution in [0, 0.1) is 5.92 Å². The van der Waals surface area contributed by atoms with E-state index in [1.165, 1.54) is 25.1 Å². The van der Waals surface area contributed by atoms with Crippen molar-refractivity contribution in [1.29, 1.82) is 0 Å². The third kappa shape index (κ3) is 3.71. The van der Waals surface area contributed by atoms with Gasteiger partial charge in [-0.15, -0.1) is 0 Å². The quantitative estimate of drug-likeness (QED) is 0.592. The van der Waals surface area contributed by atoms with E-state index in [9.17, 15) is 31.5 Å². The number of benzene rings is 1. The third-order valence-corrected chi connectivity index (χ3v) is 4.64. The van der Waals surface area contributed by atoms with E-state index in [-0.39, 0.29) is 28.7 Å². The van der Waals surface area contributed by atoms with Crippen LogP contribution in [-0.4, -0.2) is 23.7 Å². The van der Waals surface area contributed by atoms with Gasteiger partial charge in [-0.2, -0.15) is 22.0 Å². The maximum absolute atomic E-state index is 13.7. The Kier molecular flexibility index (Phi) is 5.68. The van der Waals surface area contributed by atoms with Crippen LogP contribution in [0.25, 0.3) is 0 Å². The van der Waals surface area contributed by atoms with E-state index < -0.39 is 36.0 Å². The number of alkyl halides is 5. The molecule has 1 aromatic carbocycles. The lowest BCUT2D eigenvalue weighted by atomic mass is 9.76. The number of ketones is 2. The summed E-state index contributed by atoms with van der Waals surface area (Å²) in [5.74, 6) is -7.42. The van der Waals surface area contributed by atoms with Gasteiger partial charge in [0.15, 0.2) is 11.6 Å². The molecule has 0 N–H and O–H groups in total. The van der Waals surface area contributed by atoms with Crippen molar-refractivity contribution in [2.75, 3.05) is 0 Å². The smallest absolute Gasteiger partial charge is 0.289 e. The van der Waals surface area contributed by atoms with Crippen molar-refractivity contribution < 1.29 is 31.5 Å². The Morgan fingerprint density at radius 2 is 1.50 bits per heavy atom. The molecule has 0 radical (unpaired) electrons. The number of fused-ring (bicyclic) bond motifs is 1. The molecule has 0 saturated heterocycles. The van der Waals surface area contributed by atoms with Crippen molar-refractivity contribution >= 4 is 11.6 Å². The van der Waals surface area contributed by atoms with Gasteiger partial charge in [-0.05, 0) is 19.3 Å². The number of carbonyl (C=O) groups excluding carboxylic acids is 2. The van der Waals surface area contributed by atoms with Crippen LogP contribution in [0.3, 0.4) is 0 Å². The molecule has 0 amide bonds. The van der Waals surface area contributed by atoms with Crippen LogP contribution in [0.2, 0.25) is 0 Å². The molecule has 0 aromatic heterocycles. The average molecular weight is 374 g/mol. The zero-order valence-corrected chi connectivity index (χ0v) is 14.4. The normalized spacial score (nSPS) is 16.7. The summed E-state index contributed by atoms with van der Waals surface area (Å²) < 4.78 is 65.4. The number of rotatable bonds is 6. The standard InChI is InChI=1S/C19H19F5O2/c1-3-4-7-12(10-18(20,21)19(22,23)24)15-11(2)16(25)13-8-5-6-9-14(13)17(15)26/h5-6,8-9,12H,3-4,7,10H2,1-2H3. The summed E-state index contributed by atoms with van der Waals surface area (Å²) >= 11 is 0. The summed E-state index contributed by atoms with van der Waals surface area (Å²) in [4.78, 5) is 25.3. The van der Waals surface area contributed by atoms with Gasteiger partial charge in [0.05, 0.1) is 0 Å². The second kappa shape index (κ2) is 7.29. The Bertz CT molecular complexity index is 747. The molecule has 0 heterocycles. The molecular weight excluding hydrogens is 355 g/mol. The lowest BCUT2D eigenvalue weighted by molar-refractivity contribution is -0.287. The molecule has 26 heavy (non-hydrogen) atoms. The Morgan fingerprint density at radius 1 is 0.962 bits per heavy atom. The highest BCUT2D eigenvalue weighted by Crippen LogP contribution is 2.44. The van der Waals surface area contributed by atoms with Gasteiger partial charge in [-0.25, -0.2) is 0 Å². The molecule has 0 aliphatic heterocycles. The zero-order valence-electron chi connectivity index (χ0n) is 14.4. The lowest BCUT2D eigenvalue weighted by Gasteiger charge is -2.29. The molecule has 0 fully saturated rings. The van der Waals surface area contributed by atoms with Gasteiger partial charge < -0.3 is 0 Å². The lowest BCUT2D eigenvalue weighted by Crippen LogP contribution is -2.39. The van der Waals surface area contributed by atoms with E-state index in [1.54, 1.807) is 13.0 Å². The van der Waals surface area contributed by atoms with Crippen LogP contribution in [0.4, 0.5) is 22.0 Å². The molecule has 1 aliphatic carbocycles. The molecule has 0 saturated carbocycles. The van der Waals surface area contributed by atoms with Crippen LogP contribution in [0.15, 0.2) is 35.4 Å². The summed E-state index contributed by atoms with van der Waals surface area (Å²) in [7, 11) is 0. The number of halogens is 5. The minimum Gasteiger partial charge on any atom is -0.289 e. The minimum absolute atomic E-state index is 0.0178. The molecular formula is C19H19F5O2. The van der Waals surface area contributed by atoms with E-state index in [2.05, 4.69) is 0 Å². The van der Waals surface area contributed by atoms with E-state index in [1.807, 2.05) is 0 Å². The van der Waals surface area contributed by atoms with Gasteiger partial charge >= 0.3 is 12.1 Å². The molecule has 1 unspecified atom stereocenters. The predicted octanol–water partition coefficient (Wildman–Crippen LogP) is 5.78. The van der Waals surface area contributed by atoms with Gasteiger partial charge in [0.1, 0.15) is 0 Å². The fraction of sp³-hybridized carbons (Fsp3) is 0.474. The fourth-order valence-corrected chi connectivity index (χ4v) is 3.23. The molecule has 142 valence electrons. The highest BCUT2D eigenvalue weighted by molar-refractivity contribution is 6.26. The van der Waals surface area contributed by atoms with Crippen molar-refractivity contribution in [2.24, 2.45) is 5.92 Å². The van der Waals surface area contributed by atoms with Crippen molar-refractivity contribution in [2.45, 2.75) is 51.6 Å². The summed E-state index contributed by atoms with van der Waals surface area (Å²) in [6, 6.07) is 5.92. The van der Waals surface area contributed by atoms with Crippen molar-refractivity contribution in [3.8, 4) is 0 Å². The maximum atomic E-state index is 13.7. The molecule has 0 spiro atoms. The number of Topliss-reactive ketones (excluding diaryl/α,β-unsaturated/α-hetero) is 2. The van der Waals surface area contributed by atoms with E-state index >= 15 is 0 Å². The van der Waals surface area contributed by atoms with Crippen LogP contribution in [0.1, 0.15) is 60.2 Å². The second-order valence-corrected chi connectivity index (χ2v) is 6.49. The first-order valence-electron chi connectivity index (χ1n) is 8.35. The highest BCUT2D eigenvalue weighted by atomic mass is 19.4. The van der Waals surface area contributed by atoms with Crippen LogP contribution in [-0.2, 0) is 0 Å². The number of unbranched alkanes of at least 4 members (excludes halogenated alkanes) is 1. The Balaban J connectivity index is 2.49. The number of carbonyl (C=O) groups is 2. The maximum Gasteiger partial charge on any atom is 0.453 e. The largest absolute Gasteiger partial charge is 0.453 e. The molecule has 0 bridgehead atoms. The Labute approximate surface area is 148 Å². The van der Waals surface area contributed by atoms with Gasteiger partial charge in [-0.3, -0.25) is 9.59 Å². The van der Waals surface area contributed by atoms with Gasteiger partial charge in [0, 0.05) is 28.7 Å². The molecule has 1 aromatic rings. The first-order chi connectivity index (χ1) is 12.0. The summed E-state index contributed by atoms with van der Waals surface area (Å²) in [6.45, 7) is 3.08. The van der Waals surface area contributed by atoms with Gasteiger partial charge in [-0.1, -0.05) is 44.0 Å². The van der Waals surface area contributed by atoms with Crippen LogP contribution >= 0.6 is 0 Å². The molecule has 2 nitrogen and oxygen atoms in total. The first kappa shape index (κ1) is 20.3. The van der Waals surface area contributed by atoms with Gasteiger partial charge in [0.25, 0.3) is 0 Å². The fourth-order valence-electron chi connectivity index (χ4n) is 3.23. The van der Waals surface area contributed by atoms with Gasteiger partial charge in [0.2, 0.25) is 0 Å². The highest BCUT2D eigenvalue weighted by Gasteiger charge is 2.58. The third-order valence-electron chi connectivity index (χ3n) is 4.64.